The smallest absolute Gasteiger partial charge is 0.338 e. The minimum atomic E-state index is -1.08. The maximum atomic E-state index is 11.7. The lowest BCUT2D eigenvalue weighted by Crippen LogP contribution is -2.04. The molecule has 2 aromatic carbocycles. The Labute approximate surface area is 155 Å². The average Bonchev–Trinajstić information content (AvgIpc) is 3.18. The van der Waals surface area contributed by atoms with Crippen molar-refractivity contribution in [1.82, 2.24) is 4.57 Å². The van der Waals surface area contributed by atoms with Gasteiger partial charge in [0.25, 0.3) is 0 Å². The second kappa shape index (κ2) is 7.58. The van der Waals surface area contributed by atoms with Gasteiger partial charge in [0, 0.05) is 18.1 Å². The molecule has 0 spiro atoms. The molecule has 0 aliphatic rings. The normalized spacial score (nSPS) is 10.2. The van der Waals surface area contributed by atoms with E-state index >= 15 is 0 Å². The molecule has 134 valence electrons. The molecule has 0 radical (unpaired) electrons. The molecule has 0 atom stereocenters. The Morgan fingerprint density at radius 1 is 1.07 bits per heavy atom. The molecule has 0 fully saturated rings. The zero-order valence-electron chi connectivity index (χ0n) is 14.5. The van der Waals surface area contributed by atoms with Crippen molar-refractivity contribution in [3.05, 3.63) is 77.6 Å². The fraction of sp³-hybridized carbons (Fsp3) is 0.0952. The van der Waals surface area contributed by atoms with E-state index in [-0.39, 0.29) is 17.1 Å². The SMILES string of the molecule is CCOC(=O)c1ccc(-n2ccc(-c3cc(C#N)cc(C(=O)O)c3)c2)cc1. The van der Waals surface area contributed by atoms with Crippen molar-refractivity contribution in [3.8, 4) is 22.9 Å². The summed E-state index contributed by atoms with van der Waals surface area (Å²) in [5.41, 5.74) is 3.09. The van der Waals surface area contributed by atoms with Gasteiger partial charge in [-0.2, -0.15) is 5.26 Å². The van der Waals surface area contributed by atoms with Crippen molar-refractivity contribution in [2.75, 3.05) is 6.61 Å². The number of rotatable bonds is 5. The zero-order valence-corrected chi connectivity index (χ0v) is 14.5. The average molecular weight is 360 g/mol. The monoisotopic (exact) mass is 360 g/mol. The molecule has 0 aliphatic carbocycles. The molecule has 1 heterocycles. The maximum absolute atomic E-state index is 11.7. The lowest BCUT2D eigenvalue weighted by Gasteiger charge is -2.06. The first kappa shape index (κ1) is 18.0. The predicted octanol–water partition coefficient (Wildman–Crippen LogP) is 3.89. The van der Waals surface area contributed by atoms with Gasteiger partial charge in [0.05, 0.1) is 29.4 Å². The van der Waals surface area contributed by atoms with Gasteiger partial charge in [0.2, 0.25) is 0 Å². The Morgan fingerprint density at radius 2 is 1.81 bits per heavy atom. The largest absolute Gasteiger partial charge is 0.478 e. The van der Waals surface area contributed by atoms with Crippen LogP contribution in [0.1, 0.15) is 33.2 Å². The van der Waals surface area contributed by atoms with E-state index in [2.05, 4.69) is 0 Å². The van der Waals surface area contributed by atoms with Crippen molar-refractivity contribution in [2.45, 2.75) is 6.92 Å². The van der Waals surface area contributed by atoms with E-state index in [1.807, 2.05) is 29.1 Å². The maximum Gasteiger partial charge on any atom is 0.338 e. The van der Waals surface area contributed by atoms with Gasteiger partial charge >= 0.3 is 11.9 Å². The van der Waals surface area contributed by atoms with E-state index in [1.54, 1.807) is 37.3 Å². The molecule has 0 aliphatic heterocycles. The van der Waals surface area contributed by atoms with Crippen LogP contribution in [0.15, 0.2) is 60.9 Å². The highest BCUT2D eigenvalue weighted by Crippen LogP contribution is 2.24. The molecule has 0 bridgehead atoms. The number of benzene rings is 2. The van der Waals surface area contributed by atoms with Gasteiger partial charge in [0.1, 0.15) is 0 Å². The number of nitrogens with zero attached hydrogens (tertiary/aromatic N) is 2. The predicted molar refractivity (Wildman–Crippen MR) is 98.8 cm³/mol. The number of carboxylic acids is 1. The van der Waals surface area contributed by atoms with E-state index in [9.17, 15) is 14.7 Å². The van der Waals surface area contributed by atoms with Crippen LogP contribution in [0.25, 0.3) is 16.8 Å². The third-order valence-electron chi connectivity index (χ3n) is 4.01. The van der Waals surface area contributed by atoms with Crippen molar-refractivity contribution >= 4 is 11.9 Å². The number of esters is 1. The van der Waals surface area contributed by atoms with Gasteiger partial charge in [-0.3, -0.25) is 0 Å². The molecule has 3 rings (SSSR count). The third-order valence-corrected chi connectivity index (χ3v) is 4.01. The van der Waals surface area contributed by atoms with Crippen molar-refractivity contribution in [2.24, 2.45) is 0 Å². The highest BCUT2D eigenvalue weighted by Gasteiger charge is 2.10. The molecule has 0 amide bonds. The fourth-order valence-electron chi connectivity index (χ4n) is 2.69. The van der Waals surface area contributed by atoms with E-state index in [1.165, 1.54) is 12.1 Å². The highest BCUT2D eigenvalue weighted by molar-refractivity contribution is 5.90. The lowest BCUT2D eigenvalue weighted by atomic mass is 10.0. The second-order valence-corrected chi connectivity index (χ2v) is 5.79. The number of carbonyl (C=O) groups excluding carboxylic acids is 1. The molecule has 6 heteroatoms. The van der Waals surface area contributed by atoms with E-state index in [0.29, 0.717) is 17.7 Å². The first-order valence-corrected chi connectivity index (χ1v) is 8.26. The van der Waals surface area contributed by atoms with E-state index in [4.69, 9.17) is 10.00 Å². The van der Waals surface area contributed by atoms with E-state index < -0.39 is 5.97 Å². The number of hydrogen-bond donors (Lipinski definition) is 1. The fourth-order valence-corrected chi connectivity index (χ4v) is 2.69. The van der Waals surface area contributed by atoms with Gasteiger partial charge in [-0.15, -0.1) is 0 Å². The molecule has 6 nitrogen and oxygen atoms in total. The Balaban J connectivity index is 1.91. The quantitative estimate of drug-likeness (QED) is 0.697. The number of nitriles is 1. The Morgan fingerprint density at radius 3 is 2.44 bits per heavy atom. The number of carbonyl (C=O) groups is 2. The Bertz CT molecular complexity index is 1040. The van der Waals surface area contributed by atoms with Gasteiger partial charge in [0.15, 0.2) is 0 Å². The minimum absolute atomic E-state index is 0.0654. The number of hydrogen-bond acceptors (Lipinski definition) is 4. The molecule has 1 N–H and O–H groups in total. The third kappa shape index (κ3) is 3.88. The summed E-state index contributed by atoms with van der Waals surface area (Å²) in [6.07, 6.45) is 3.66. The van der Waals surface area contributed by atoms with Crippen LogP contribution in [0.2, 0.25) is 0 Å². The summed E-state index contributed by atoms with van der Waals surface area (Å²) in [4.78, 5) is 23.0. The van der Waals surface area contributed by atoms with Crippen LogP contribution in [0.5, 0.6) is 0 Å². The van der Waals surface area contributed by atoms with Crippen LogP contribution in [0, 0.1) is 11.3 Å². The number of ether oxygens (including phenoxy) is 1. The Hall–Kier alpha value is -3.85. The first-order chi connectivity index (χ1) is 13.0. The molecule has 0 saturated heterocycles. The first-order valence-electron chi connectivity index (χ1n) is 8.26. The number of carboxylic acid groups (broad SMARTS) is 1. The second-order valence-electron chi connectivity index (χ2n) is 5.79. The molecular weight excluding hydrogens is 344 g/mol. The summed E-state index contributed by atoms with van der Waals surface area (Å²) in [5, 5.41) is 18.3. The Kier molecular flexibility index (Phi) is 5.04. The van der Waals surface area contributed by atoms with Gasteiger partial charge in [-0.1, -0.05) is 0 Å². The summed E-state index contributed by atoms with van der Waals surface area (Å²) in [6.45, 7) is 2.08. The lowest BCUT2D eigenvalue weighted by molar-refractivity contribution is 0.0526. The molecule has 0 unspecified atom stereocenters. The standard InChI is InChI=1S/C21H16N2O4/c1-2-27-21(26)15-3-5-19(6-4-15)23-8-7-16(13-23)17-9-14(12-22)10-18(11-17)20(24)25/h3-11,13H,2H2,1H3,(H,24,25). The van der Waals surface area contributed by atoms with Crippen molar-refractivity contribution < 1.29 is 19.4 Å². The zero-order chi connectivity index (χ0) is 19.4. The van der Waals surface area contributed by atoms with Gasteiger partial charge < -0.3 is 14.4 Å². The van der Waals surface area contributed by atoms with Crippen LogP contribution in [-0.2, 0) is 4.74 Å². The van der Waals surface area contributed by atoms with Gasteiger partial charge in [-0.05, 0) is 66.6 Å². The highest BCUT2D eigenvalue weighted by atomic mass is 16.5. The summed E-state index contributed by atoms with van der Waals surface area (Å²) in [7, 11) is 0. The topological polar surface area (TPSA) is 92.3 Å². The molecule has 3 aromatic rings. The van der Waals surface area contributed by atoms with Crippen LogP contribution >= 0.6 is 0 Å². The summed E-state index contributed by atoms with van der Waals surface area (Å²) >= 11 is 0. The molecular formula is C21H16N2O4. The van der Waals surface area contributed by atoms with Crippen molar-refractivity contribution in [3.63, 3.8) is 0 Å². The van der Waals surface area contributed by atoms with E-state index in [0.717, 1.165) is 11.3 Å². The van der Waals surface area contributed by atoms with Crippen LogP contribution in [-0.4, -0.2) is 28.2 Å². The number of aromatic carboxylic acids is 1. The van der Waals surface area contributed by atoms with Crippen LogP contribution < -0.4 is 0 Å². The van der Waals surface area contributed by atoms with Crippen LogP contribution in [0.4, 0.5) is 0 Å². The number of aromatic nitrogens is 1. The molecule has 27 heavy (non-hydrogen) atoms. The summed E-state index contributed by atoms with van der Waals surface area (Å²) < 4.78 is 6.82. The molecule has 1 aromatic heterocycles. The van der Waals surface area contributed by atoms with Crippen molar-refractivity contribution in [1.29, 1.82) is 5.26 Å². The van der Waals surface area contributed by atoms with Crippen LogP contribution in [0.3, 0.4) is 0 Å². The molecule has 0 saturated carbocycles. The summed E-state index contributed by atoms with van der Waals surface area (Å²) in [6, 6.07) is 15.3. The summed E-state index contributed by atoms with van der Waals surface area (Å²) in [5.74, 6) is -1.45. The minimum Gasteiger partial charge on any atom is -0.478 e. The van der Waals surface area contributed by atoms with Gasteiger partial charge in [-0.25, -0.2) is 9.59 Å².